The molecule has 0 spiro atoms. The van der Waals surface area contributed by atoms with Gasteiger partial charge in [0, 0.05) is 32.0 Å². The number of aromatic nitrogens is 1. The van der Waals surface area contributed by atoms with Gasteiger partial charge in [-0.2, -0.15) is 4.31 Å². The maximum atomic E-state index is 12.7. The predicted molar refractivity (Wildman–Crippen MR) is 72.1 cm³/mol. The number of nitrogens with two attached hydrogens (primary N) is 1. The van der Waals surface area contributed by atoms with Gasteiger partial charge in [-0.25, -0.2) is 8.42 Å². The molecule has 0 amide bonds. The summed E-state index contributed by atoms with van der Waals surface area (Å²) in [5, 5.41) is 0. The average molecular weight is 287 g/mol. The molecule has 0 radical (unpaired) electrons. The largest absolute Gasteiger partial charge is 0.378 e. The van der Waals surface area contributed by atoms with Gasteiger partial charge in [0.1, 0.15) is 4.90 Å². The number of hydrogen-bond acceptors (Lipinski definition) is 4. The van der Waals surface area contributed by atoms with Gasteiger partial charge in [-0.05, 0) is 19.9 Å². The highest BCUT2D eigenvalue weighted by Crippen LogP contribution is 2.28. The highest BCUT2D eigenvalue weighted by atomic mass is 32.2. The summed E-state index contributed by atoms with van der Waals surface area (Å²) in [6.45, 7) is 5.27. The Balaban J connectivity index is 2.41. The summed E-state index contributed by atoms with van der Waals surface area (Å²) in [6, 6.07) is 1.64. The fraction of sp³-hybridized carbons (Fsp3) is 0.667. The van der Waals surface area contributed by atoms with E-state index >= 15 is 0 Å². The van der Waals surface area contributed by atoms with Crippen LogP contribution in [0, 0.1) is 0 Å². The number of aryl methyl sites for hydroxylation is 1. The Morgan fingerprint density at radius 2 is 2.16 bits per heavy atom. The molecule has 0 aromatic carbocycles. The topological polar surface area (TPSA) is 77.6 Å². The highest BCUT2D eigenvalue weighted by Gasteiger charge is 2.40. The summed E-state index contributed by atoms with van der Waals surface area (Å²) in [5.41, 5.74) is 5.85. The number of nitrogens with zero attached hydrogens (tertiary/aromatic N) is 2. The van der Waals surface area contributed by atoms with E-state index in [1.807, 2.05) is 13.8 Å². The van der Waals surface area contributed by atoms with Gasteiger partial charge in [0.05, 0.1) is 18.8 Å². The van der Waals surface area contributed by atoms with Gasteiger partial charge in [0.25, 0.3) is 0 Å². The van der Waals surface area contributed by atoms with Crippen LogP contribution in [0.5, 0.6) is 0 Å². The van der Waals surface area contributed by atoms with Crippen molar-refractivity contribution in [2.24, 2.45) is 12.8 Å². The molecule has 1 aromatic rings. The van der Waals surface area contributed by atoms with E-state index in [1.54, 1.807) is 23.9 Å². The minimum Gasteiger partial charge on any atom is -0.378 e. The molecule has 7 heteroatoms. The lowest BCUT2D eigenvalue weighted by atomic mass is 10.1. The molecule has 1 saturated heterocycles. The van der Waals surface area contributed by atoms with Crippen LogP contribution < -0.4 is 5.73 Å². The van der Waals surface area contributed by atoms with Crippen molar-refractivity contribution in [3.8, 4) is 0 Å². The maximum Gasteiger partial charge on any atom is 0.245 e. The smallest absolute Gasteiger partial charge is 0.245 e. The van der Waals surface area contributed by atoms with Crippen LogP contribution >= 0.6 is 0 Å². The van der Waals surface area contributed by atoms with E-state index in [1.165, 1.54) is 4.31 Å². The first-order chi connectivity index (χ1) is 8.79. The lowest BCUT2D eigenvalue weighted by Gasteiger charge is -2.40. The number of sulfonamides is 1. The molecule has 0 saturated carbocycles. The van der Waals surface area contributed by atoms with E-state index < -0.39 is 15.6 Å². The van der Waals surface area contributed by atoms with Crippen LogP contribution in [-0.4, -0.2) is 42.6 Å². The monoisotopic (exact) mass is 287 g/mol. The molecular weight excluding hydrogens is 266 g/mol. The Hall–Kier alpha value is -0.890. The first-order valence-corrected chi connectivity index (χ1v) is 7.69. The minimum absolute atomic E-state index is 0.297. The first kappa shape index (κ1) is 14.5. The van der Waals surface area contributed by atoms with Gasteiger partial charge in [0.2, 0.25) is 10.0 Å². The van der Waals surface area contributed by atoms with Gasteiger partial charge in [0.15, 0.2) is 0 Å². The van der Waals surface area contributed by atoms with Crippen molar-refractivity contribution in [3.63, 3.8) is 0 Å². The second-order valence-electron chi connectivity index (χ2n) is 5.42. The SMILES string of the molecule is Cn1cc(S(=O)(=O)N2CCOCC2(C)C)cc1CN. The summed E-state index contributed by atoms with van der Waals surface area (Å²) in [6.07, 6.45) is 1.61. The third-order valence-electron chi connectivity index (χ3n) is 3.45. The Morgan fingerprint density at radius 1 is 1.47 bits per heavy atom. The van der Waals surface area contributed by atoms with E-state index in [0.717, 1.165) is 5.69 Å². The fourth-order valence-corrected chi connectivity index (χ4v) is 4.19. The van der Waals surface area contributed by atoms with Gasteiger partial charge in [-0.1, -0.05) is 0 Å². The quantitative estimate of drug-likeness (QED) is 0.866. The Kier molecular flexibility index (Phi) is 3.74. The van der Waals surface area contributed by atoms with Crippen LogP contribution in [0.3, 0.4) is 0 Å². The summed E-state index contributed by atoms with van der Waals surface area (Å²) < 4.78 is 34.0. The molecule has 0 atom stereocenters. The van der Waals surface area contributed by atoms with Crippen molar-refractivity contribution in [2.75, 3.05) is 19.8 Å². The average Bonchev–Trinajstić information content (AvgIpc) is 2.70. The molecule has 1 aromatic heterocycles. The summed E-state index contributed by atoms with van der Waals surface area (Å²) in [5.74, 6) is 0. The molecule has 108 valence electrons. The number of hydrogen-bond donors (Lipinski definition) is 1. The van der Waals surface area contributed by atoms with E-state index in [9.17, 15) is 8.42 Å². The second-order valence-corrected chi connectivity index (χ2v) is 7.29. The standard InChI is InChI=1S/C12H21N3O3S/c1-12(2)9-18-5-4-15(12)19(16,17)11-6-10(7-13)14(3)8-11/h6,8H,4-5,7,9,13H2,1-3H3. The van der Waals surface area contributed by atoms with E-state index in [4.69, 9.17) is 10.5 Å². The number of rotatable bonds is 3. The Bertz CT molecular complexity index is 563. The molecule has 0 aliphatic carbocycles. The molecule has 0 unspecified atom stereocenters. The Morgan fingerprint density at radius 3 is 2.68 bits per heavy atom. The summed E-state index contributed by atoms with van der Waals surface area (Å²) in [4.78, 5) is 0.297. The predicted octanol–water partition coefficient (Wildman–Crippen LogP) is 0.283. The van der Waals surface area contributed by atoms with E-state index in [2.05, 4.69) is 0 Å². The van der Waals surface area contributed by atoms with Gasteiger partial charge < -0.3 is 15.0 Å². The normalized spacial score (nSPS) is 20.6. The van der Waals surface area contributed by atoms with Crippen LogP contribution in [0.2, 0.25) is 0 Å². The first-order valence-electron chi connectivity index (χ1n) is 6.25. The Labute approximate surface area is 114 Å². The molecule has 6 nitrogen and oxygen atoms in total. The lowest BCUT2D eigenvalue weighted by Crippen LogP contribution is -2.55. The van der Waals surface area contributed by atoms with Crippen molar-refractivity contribution < 1.29 is 13.2 Å². The minimum atomic E-state index is -3.50. The van der Waals surface area contributed by atoms with Crippen molar-refractivity contribution in [1.29, 1.82) is 0 Å². The van der Waals surface area contributed by atoms with Crippen molar-refractivity contribution in [2.45, 2.75) is 30.8 Å². The third-order valence-corrected chi connectivity index (χ3v) is 5.53. The molecule has 2 N–H and O–H groups in total. The van der Waals surface area contributed by atoms with E-state index in [0.29, 0.717) is 31.2 Å². The second kappa shape index (κ2) is 4.90. The molecule has 19 heavy (non-hydrogen) atoms. The van der Waals surface area contributed by atoms with Crippen LogP contribution in [-0.2, 0) is 28.4 Å². The molecule has 1 aliphatic rings. The molecule has 1 aliphatic heterocycles. The van der Waals surface area contributed by atoms with Crippen LogP contribution in [0.1, 0.15) is 19.5 Å². The zero-order valence-corrected chi connectivity index (χ0v) is 12.4. The zero-order chi connectivity index (χ0) is 14.3. The summed E-state index contributed by atoms with van der Waals surface area (Å²) in [7, 11) is -1.71. The molecule has 0 bridgehead atoms. The number of morpholine rings is 1. The highest BCUT2D eigenvalue weighted by molar-refractivity contribution is 7.89. The van der Waals surface area contributed by atoms with Gasteiger partial charge in [-0.3, -0.25) is 0 Å². The maximum absolute atomic E-state index is 12.7. The van der Waals surface area contributed by atoms with E-state index in [-0.39, 0.29) is 0 Å². The van der Waals surface area contributed by atoms with Gasteiger partial charge >= 0.3 is 0 Å². The number of ether oxygens (including phenoxy) is 1. The van der Waals surface area contributed by atoms with Crippen LogP contribution in [0.4, 0.5) is 0 Å². The van der Waals surface area contributed by atoms with Gasteiger partial charge in [-0.15, -0.1) is 0 Å². The zero-order valence-electron chi connectivity index (χ0n) is 11.6. The third kappa shape index (κ3) is 2.55. The molecule has 1 fully saturated rings. The molecule has 2 heterocycles. The van der Waals surface area contributed by atoms with Crippen molar-refractivity contribution in [1.82, 2.24) is 8.87 Å². The molecule has 2 rings (SSSR count). The summed E-state index contributed by atoms with van der Waals surface area (Å²) >= 11 is 0. The lowest BCUT2D eigenvalue weighted by molar-refractivity contribution is -0.00770. The van der Waals surface area contributed by atoms with Crippen LogP contribution in [0.15, 0.2) is 17.2 Å². The van der Waals surface area contributed by atoms with Crippen LogP contribution in [0.25, 0.3) is 0 Å². The van der Waals surface area contributed by atoms with Crippen molar-refractivity contribution in [3.05, 3.63) is 18.0 Å². The fourth-order valence-electron chi connectivity index (χ4n) is 2.34. The van der Waals surface area contributed by atoms with Crippen molar-refractivity contribution >= 4 is 10.0 Å². The molecular formula is C12H21N3O3S.